The van der Waals surface area contributed by atoms with E-state index >= 15 is 0 Å². The third-order valence-corrected chi connectivity index (χ3v) is 2.90. The Kier molecular flexibility index (Phi) is 1.74. The van der Waals surface area contributed by atoms with Crippen molar-refractivity contribution >= 4 is 22.1 Å². The van der Waals surface area contributed by atoms with Crippen LogP contribution >= 0.6 is 0 Å². The molecule has 0 spiro atoms. The molecule has 0 atom stereocenters. The van der Waals surface area contributed by atoms with Crippen molar-refractivity contribution in [1.29, 1.82) is 0 Å². The minimum atomic E-state index is 0.777. The Morgan fingerprint density at radius 3 is 3.11 bits per heavy atom. The second-order valence-electron chi connectivity index (χ2n) is 3.97. The number of imidazole rings is 1. The van der Waals surface area contributed by atoms with Gasteiger partial charge in [0.2, 0.25) is 0 Å². The van der Waals surface area contributed by atoms with Gasteiger partial charge in [0.15, 0.2) is 0 Å². The monoisotopic (exact) mass is 236 g/mol. The summed E-state index contributed by atoms with van der Waals surface area (Å²) in [6, 6.07) is 7.83. The first-order valence-electron chi connectivity index (χ1n) is 5.51. The van der Waals surface area contributed by atoms with E-state index < -0.39 is 0 Å². The number of nitrogens with one attached hydrogen (secondary N) is 1. The highest BCUT2D eigenvalue weighted by Gasteiger charge is 2.07. The maximum absolute atomic E-state index is 4.24. The highest BCUT2D eigenvalue weighted by molar-refractivity contribution is 5.79. The number of pyridine rings is 1. The Morgan fingerprint density at radius 1 is 1.11 bits per heavy atom. The Bertz CT molecular complexity index is 844. The molecule has 4 aromatic rings. The minimum Gasteiger partial charge on any atom is -0.345 e. The van der Waals surface area contributed by atoms with Gasteiger partial charge in [-0.2, -0.15) is 0 Å². The first-order chi connectivity index (χ1) is 8.92. The van der Waals surface area contributed by atoms with Crippen molar-refractivity contribution in [3.8, 4) is 5.69 Å². The second-order valence-corrected chi connectivity index (χ2v) is 3.97. The van der Waals surface area contributed by atoms with Crippen molar-refractivity contribution in [3.63, 3.8) is 0 Å². The van der Waals surface area contributed by atoms with E-state index in [0.29, 0.717) is 0 Å². The third-order valence-electron chi connectivity index (χ3n) is 2.90. The second kappa shape index (κ2) is 3.36. The molecule has 0 saturated heterocycles. The van der Waals surface area contributed by atoms with E-state index in [1.165, 1.54) is 0 Å². The van der Waals surface area contributed by atoms with Gasteiger partial charge in [-0.1, -0.05) is 5.21 Å². The van der Waals surface area contributed by atoms with Crippen LogP contribution < -0.4 is 0 Å². The molecule has 1 N–H and O–H groups in total. The lowest BCUT2D eigenvalue weighted by Gasteiger charge is -2.01. The number of aromatic nitrogens is 6. The van der Waals surface area contributed by atoms with Crippen LogP contribution in [0.1, 0.15) is 0 Å². The molecular weight excluding hydrogens is 228 g/mol. The molecule has 3 heterocycles. The van der Waals surface area contributed by atoms with Crippen molar-refractivity contribution in [1.82, 2.24) is 29.9 Å². The average molecular weight is 236 g/mol. The first-order valence-corrected chi connectivity index (χ1v) is 5.51. The highest BCUT2D eigenvalue weighted by atomic mass is 15.4. The largest absolute Gasteiger partial charge is 0.345 e. The smallest absolute Gasteiger partial charge is 0.131 e. The van der Waals surface area contributed by atoms with Crippen LogP contribution in [0.25, 0.3) is 27.8 Å². The first kappa shape index (κ1) is 9.29. The van der Waals surface area contributed by atoms with E-state index in [9.17, 15) is 0 Å². The zero-order chi connectivity index (χ0) is 11.9. The van der Waals surface area contributed by atoms with Gasteiger partial charge in [0.05, 0.1) is 34.8 Å². The molecule has 18 heavy (non-hydrogen) atoms. The van der Waals surface area contributed by atoms with Gasteiger partial charge in [0.1, 0.15) is 5.52 Å². The molecule has 0 aliphatic heterocycles. The molecule has 0 bridgehead atoms. The van der Waals surface area contributed by atoms with Crippen LogP contribution in [0.4, 0.5) is 0 Å². The summed E-state index contributed by atoms with van der Waals surface area (Å²) in [6.07, 6.45) is 5.11. The fourth-order valence-corrected chi connectivity index (χ4v) is 2.02. The maximum atomic E-state index is 4.24. The summed E-state index contributed by atoms with van der Waals surface area (Å²) in [5.74, 6) is 0. The maximum Gasteiger partial charge on any atom is 0.131 e. The van der Waals surface area contributed by atoms with Crippen LogP contribution in [0.15, 0.2) is 43.0 Å². The van der Waals surface area contributed by atoms with Gasteiger partial charge in [0.25, 0.3) is 0 Å². The molecule has 1 aromatic carbocycles. The van der Waals surface area contributed by atoms with Gasteiger partial charge >= 0.3 is 0 Å². The van der Waals surface area contributed by atoms with Gasteiger partial charge in [-0.25, -0.2) is 9.67 Å². The van der Waals surface area contributed by atoms with E-state index in [4.69, 9.17) is 0 Å². The fraction of sp³-hybridized carbons (Fsp3) is 0. The highest BCUT2D eigenvalue weighted by Crippen LogP contribution is 2.18. The SMILES string of the molecule is c1cc2c(cn1)nnn2-c1ccc2[nH]cnc2c1. The number of hydrogen-bond acceptors (Lipinski definition) is 4. The molecule has 0 radical (unpaired) electrons. The Morgan fingerprint density at radius 2 is 2.11 bits per heavy atom. The van der Waals surface area contributed by atoms with Crippen LogP contribution in [0.3, 0.4) is 0 Å². The number of aromatic amines is 1. The van der Waals surface area contributed by atoms with Crippen molar-refractivity contribution in [2.24, 2.45) is 0 Å². The van der Waals surface area contributed by atoms with E-state index in [2.05, 4.69) is 25.3 Å². The van der Waals surface area contributed by atoms with Crippen molar-refractivity contribution in [2.45, 2.75) is 0 Å². The third kappa shape index (κ3) is 1.22. The normalized spacial score (nSPS) is 11.3. The average Bonchev–Trinajstić information content (AvgIpc) is 3.04. The van der Waals surface area contributed by atoms with E-state index in [1.807, 2.05) is 24.3 Å². The van der Waals surface area contributed by atoms with Crippen LogP contribution in [0.2, 0.25) is 0 Å². The molecule has 6 nitrogen and oxygen atoms in total. The van der Waals surface area contributed by atoms with Gasteiger partial charge in [0, 0.05) is 6.20 Å². The zero-order valence-electron chi connectivity index (χ0n) is 9.28. The van der Waals surface area contributed by atoms with Crippen LogP contribution in [-0.2, 0) is 0 Å². The van der Waals surface area contributed by atoms with E-state index in [1.54, 1.807) is 23.4 Å². The summed E-state index contributed by atoms with van der Waals surface area (Å²) >= 11 is 0. The summed E-state index contributed by atoms with van der Waals surface area (Å²) in [5.41, 5.74) is 4.55. The minimum absolute atomic E-state index is 0.777. The predicted molar refractivity (Wildman–Crippen MR) is 66.3 cm³/mol. The number of H-pyrrole nitrogens is 1. The molecule has 86 valence electrons. The van der Waals surface area contributed by atoms with E-state index in [-0.39, 0.29) is 0 Å². The van der Waals surface area contributed by atoms with Crippen LogP contribution in [0, 0.1) is 0 Å². The molecule has 0 aliphatic rings. The lowest BCUT2D eigenvalue weighted by atomic mass is 10.2. The number of rotatable bonds is 1. The summed E-state index contributed by atoms with van der Waals surface area (Å²) in [5, 5.41) is 8.23. The molecule has 0 saturated carbocycles. The summed E-state index contributed by atoms with van der Waals surface area (Å²) in [6.45, 7) is 0. The van der Waals surface area contributed by atoms with Crippen molar-refractivity contribution < 1.29 is 0 Å². The van der Waals surface area contributed by atoms with Gasteiger partial charge in [-0.05, 0) is 24.3 Å². The molecule has 0 aliphatic carbocycles. The topological polar surface area (TPSA) is 72.3 Å². The summed E-state index contributed by atoms with van der Waals surface area (Å²) < 4.78 is 1.78. The number of fused-ring (bicyclic) bond motifs is 2. The Balaban J connectivity index is 2.00. The molecular formula is C12H8N6. The Hall–Kier alpha value is -2.76. The predicted octanol–water partition coefficient (Wildman–Crippen LogP) is 1.69. The summed E-state index contributed by atoms with van der Waals surface area (Å²) in [4.78, 5) is 11.3. The lowest BCUT2D eigenvalue weighted by Crippen LogP contribution is -1.96. The number of nitrogens with zero attached hydrogens (tertiary/aromatic N) is 5. The quantitative estimate of drug-likeness (QED) is 0.546. The summed E-state index contributed by atoms with van der Waals surface area (Å²) in [7, 11) is 0. The molecule has 0 fully saturated rings. The van der Waals surface area contributed by atoms with Gasteiger partial charge in [-0.3, -0.25) is 4.98 Å². The van der Waals surface area contributed by atoms with Crippen molar-refractivity contribution in [3.05, 3.63) is 43.0 Å². The number of benzene rings is 1. The van der Waals surface area contributed by atoms with Crippen LogP contribution in [0.5, 0.6) is 0 Å². The van der Waals surface area contributed by atoms with Crippen molar-refractivity contribution in [2.75, 3.05) is 0 Å². The lowest BCUT2D eigenvalue weighted by molar-refractivity contribution is 0.825. The number of hydrogen-bond donors (Lipinski definition) is 1. The molecule has 0 amide bonds. The van der Waals surface area contributed by atoms with Gasteiger partial charge in [-0.15, -0.1) is 5.10 Å². The molecule has 3 aromatic heterocycles. The standard InChI is InChI=1S/C12H8N6/c1-2-9-10(15-7-14-9)5-8(1)18-12-3-4-13-6-11(12)16-17-18/h1-7H,(H,14,15). The van der Waals surface area contributed by atoms with E-state index in [0.717, 1.165) is 27.8 Å². The van der Waals surface area contributed by atoms with Gasteiger partial charge < -0.3 is 4.98 Å². The molecule has 6 heteroatoms. The van der Waals surface area contributed by atoms with Crippen LogP contribution in [-0.4, -0.2) is 29.9 Å². The Labute approximate surface area is 101 Å². The molecule has 4 rings (SSSR count). The fourth-order valence-electron chi connectivity index (χ4n) is 2.02. The molecule has 0 unspecified atom stereocenters. The zero-order valence-corrected chi connectivity index (χ0v) is 9.28.